The Bertz CT molecular complexity index is 1580. The Morgan fingerprint density at radius 3 is 2.09 bits per heavy atom. The fourth-order valence-corrected chi connectivity index (χ4v) is 6.65. The van der Waals surface area contributed by atoms with Gasteiger partial charge in [-0.2, -0.15) is 0 Å². The average Bonchev–Trinajstić information content (AvgIpc) is 3.32. The first kappa shape index (κ1) is 35.7. The lowest BCUT2D eigenvalue weighted by Crippen LogP contribution is -2.29. The molecule has 0 aliphatic heterocycles. The highest BCUT2D eigenvalue weighted by Crippen LogP contribution is 2.62. The first-order valence-electron chi connectivity index (χ1n) is 13.2. The summed E-state index contributed by atoms with van der Waals surface area (Å²) in [6.07, 6.45) is 2.70. The van der Waals surface area contributed by atoms with Gasteiger partial charge in [-0.3, -0.25) is 28.0 Å². The van der Waals surface area contributed by atoms with Crippen LogP contribution in [0.3, 0.4) is 0 Å². The second-order valence-corrected chi connectivity index (χ2v) is 15.5. The maximum atomic E-state index is 14.6. The van der Waals surface area contributed by atoms with Gasteiger partial charge in [0.25, 0.3) is 0 Å². The van der Waals surface area contributed by atoms with E-state index in [4.69, 9.17) is 41.7 Å². The van der Waals surface area contributed by atoms with E-state index in [0.717, 1.165) is 4.70 Å². The van der Waals surface area contributed by atoms with Crippen molar-refractivity contribution in [2.24, 2.45) is 10.8 Å². The number of amides is 1. The number of hydrogen-bond acceptors (Lipinski definition) is 9. The van der Waals surface area contributed by atoms with Gasteiger partial charge in [0.05, 0.1) is 15.9 Å². The maximum Gasteiger partial charge on any atom is 0.353 e. The molecule has 1 unspecified atom stereocenters. The smallest absolute Gasteiger partial charge is 0.353 e. The van der Waals surface area contributed by atoms with Crippen LogP contribution in [0.25, 0.3) is 16.2 Å². The minimum absolute atomic E-state index is 0.112. The van der Waals surface area contributed by atoms with Crippen LogP contribution in [0, 0.1) is 16.6 Å². The summed E-state index contributed by atoms with van der Waals surface area (Å²) in [5.74, 6) is -2.75. The molecule has 3 rings (SSSR count). The molecule has 2 aromatic carbocycles. The molecule has 0 saturated carbocycles. The van der Waals surface area contributed by atoms with E-state index in [1.807, 2.05) is 0 Å². The van der Waals surface area contributed by atoms with Crippen molar-refractivity contribution in [3.8, 4) is 0 Å². The Morgan fingerprint density at radius 1 is 0.955 bits per heavy atom. The Morgan fingerprint density at radius 2 is 1.55 bits per heavy atom. The largest absolute Gasteiger partial charge is 0.438 e. The second-order valence-electron chi connectivity index (χ2n) is 11.6. The van der Waals surface area contributed by atoms with Crippen molar-refractivity contribution >= 4 is 76.1 Å². The molecule has 44 heavy (non-hydrogen) atoms. The molecule has 0 saturated heterocycles. The van der Waals surface area contributed by atoms with Crippen molar-refractivity contribution in [1.82, 2.24) is 5.32 Å². The molecule has 14 heteroatoms. The third-order valence-electron chi connectivity index (χ3n) is 5.94. The Labute approximate surface area is 269 Å². The van der Waals surface area contributed by atoms with E-state index in [0.29, 0.717) is 16.0 Å². The van der Waals surface area contributed by atoms with Crippen LogP contribution in [0.2, 0.25) is 10.0 Å². The van der Waals surface area contributed by atoms with Gasteiger partial charge in [-0.1, -0.05) is 29.3 Å². The lowest BCUT2D eigenvalue weighted by atomic mass is 9.98. The number of carbonyl (C=O) groups excluding carboxylic acids is 3. The number of benzene rings is 2. The van der Waals surface area contributed by atoms with E-state index < -0.39 is 61.3 Å². The van der Waals surface area contributed by atoms with Crippen LogP contribution in [0.5, 0.6) is 0 Å². The fraction of sp³-hybridized carbons (Fsp3) is 0.367. The highest BCUT2D eigenvalue weighted by Gasteiger charge is 2.45. The molecule has 0 spiro atoms. The number of rotatable bonds is 11. The molecule has 1 N–H and O–H groups in total. The molecule has 1 aromatic heterocycles. The van der Waals surface area contributed by atoms with Crippen molar-refractivity contribution < 1.29 is 41.9 Å². The predicted molar refractivity (Wildman–Crippen MR) is 169 cm³/mol. The van der Waals surface area contributed by atoms with E-state index in [2.05, 4.69) is 5.32 Å². The van der Waals surface area contributed by atoms with Gasteiger partial charge in [-0.25, -0.2) is 4.39 Å². The lowest BCUT2D eigenvalue weighted by molar-refractivity contribution is -0.162. The summed E-state index contributed by atoms with van der Waals surface area (Å²) in [4.78, 5) is 38.6. The van der Waals surface area contributed by atoms with Crippen LogP contribution in [0.4, 0.5) is 4.39 Å². The zero-order valence-electron chi connectivity index (χ0n) is 24.9. The molecule has 9 nitrogen and oxygen atoms in total. The Kier molecular flexibility index (Phi) is 11.8. The average molecular weight is 689 g/mol. The molecule has 0 bridgehead atoms. The topological polar surface area (TPSA) is 117 Å². The van der Waals surface area contributed by atoms with E-state index in [1.54, 1.807) is 65.1 Å². The van der Waals surface area contributed by atoms with Crippen molar-refractivity contribution in [1.29, 1.82) is 0 Å². The zero-order valence-corrected chi connectivity index (χ0v) is 28.2. The maximum absolute atomic E-state index is 14.6. The summed E-state index contributed by atoms with van der Waals surface area (Å²) in [5.41, 5.74) is -2.73. The number of fused-ring (bicyclic) bond motifs is 1. The molecule has 0 aliphatic rings. The number of halogens is 3. The first-order valence-corrected chi connectivity index (χ1v) is 16.5. The molecular formula is C30H33Cl2FNO8PS. The van der Waals surface area contributed by atoms with Crippen molar-refractivity contribution in [3.63, 3.8) is 0 Å². The van der Waals surface area contributed by atoms with E-state index >= 15 is 0 Å². The summed E-state index contributed by atoms with van der Waals surface area (Å²) in [5, 5.41) is 4.91. The third-order valence-corrected chi connectivity index (χ3v) is 9.52. The highest BCUT2D eigenvalue weighted by atomic mass is 35.5. The Hall–Kier alpha value is -2.79. The summed E-state index contributed by atoms with van der Waals surface area (Å²) < 4.78 is 50.3. The third kappa shape index (κ3) is 9.36. The molecule has 0 aliphatic carbocycles. The molecule has 238 valence electrons. The van der Waals surface area contributed by atoms with Gasteiger partial charge in [0.1, 0.15) is 5.82 Å². The predicted octanol–water partition coefficient (Wildman–Crippen LogP) is 8.50. The zero-order chi connectivity index (χ0) is 32.9. The monoisotopic (exact) mass is 687 g/mol. The molecule has 1 heterocycles. The number of carbonyl (C=O) groups is 3. The first-order chi connectivity index (χ1) is 20.4. The number of ether oxygens (including phenoxy) is 2. The summed E-state index contributed by atoms with van der Waals surface area (Å²) in [7, 11) is -4.64. The van der Waals surface area contributed by atoms with Crippen LogP contribution >= 0.6 is 42.1 Å². The van der Waals surface area contributed by atoms with Crippen LogP contribution < -0.4 is 5.32 Å². The van der Waals surface area contributed by atoms with Crippen LogP contribution in [0.15, 0.2) is 48.0 Å². The molecular weight excluding hydrogens is 655 g/mol. The van der Waals surface area contributed by atoms with Crippen molar-refractivity contribution in [2.75, 3.05) is 13.6 Å². The van der Waals surface area contributed by atoms with Crippen LogP contribution in [-0.2, 0) is 37.5 Å². The van der Waals surface area contributed by atoms with Gasteiger partial charge >= 0.3 is 19.5 Å². The van der Waals surface area contributed by atoms with Gasteiger partial charge in [0.2, 0.25) is 19.5 Å². The molecule has 1 amide bonds. The van der Waals surface area contributed by atoms with Gasteiger partial charge < -0.3 is 14.8 Å². The number of hydrogen-bond donors (Lipinski definition) is 1. The SMILES string of the molecule is CC(C)(C)C(=O)OCOP(=O)(OCOC(=O)C(C)(C)C)C(C(=O)N/C=C/c1ccc(F)c(Cl)c1)c1csc2ccc(Cl)cc12. The fourth-order valence-electron chi connectivity index (χ4n) is 3.53. The molecule has 1 atom stereocenters. The van der Waals surface area contributed by atoms with Crippen molar-refractivity contribution in [2.45, 2.75) is 47.2 Å². The number of thiophene rings is 1. The standard InChI is InChI=1S/C30H33Cl2FNO8PS/c1-29(2,3)27(36)39-16-41-43(38,42-17-40-28(37)30(4,5)6)25(21-15-44-24-10-8-19(31)14-20(21)24)26(35)34-12-11-18-7-9-23(33)22(32)13-18/h7-15,25H,16-17H2,1-6H3,(H,34,35)/b12-11+. The normalized spacial score (nSPS) is 13.2. The Balaban J connectivity index is 2.02. The molecule has 3 aromatic rings. The van der Waals surface area contributed by atoms with Gasteiger partial charge in [0.15, 0.2) is 5.66 Å². The quantitative estimate of drug-likeness (QED) is 0.121. The van der Waals surface area contributed by atoms with Gasteiger partial charge in [0, 0.05) is 15.9 Å². The minimum atomic E-state index is -4.64. The van der Waals surface area contributed by atoms with Gasteiger partial charge in [-0.05, 0) is 99.8 Å². The number of esters is 2. The summed E-state index contributed by atoms with van der Waals surface area (Å²) in [6, 6.07) is 8.97. The van der Waals surface area contributed by atoms with Gasteiger partial charge in [-0.15, -0.1) is 11.3 Å². The van der Waals surface area contributed by atoms with E-state index in [9.17, 15) is 23.3 Å². The summed E-state index contributed by atoms with van der Waals surface area (Å²) in [6.45, 7) is 8.08. The van der Waals surface area contributed by atoms with Crippen LogP contribution in [0.1, 0.15) is 58.3 Å². The van der Waals surface area contributed by atoms with Crippen LogP contribution in [-0.4, -0.2) is 31.4 Å². The molecule has 0 radical (unpaired) electrons. The second kappa shape index (κ2) is 14.5. The van der Waals surface area contributed by atoms with E-state index in [1.165, 1.54) is 41.8 Å². The highest BCUT2D eigenvalue weighted by molar-refractivity contribution is 7.55. The minimum Gasteiger partial charge on any atom is -0.438 e. The summed E-state index contributed by atoms with van der Waals surface area (Å²) >= 11 is 13.4. The van der Waals surface area contributed by atoms with E-state index in [-0.39, 0.29) is 10.6 Å². The molecule has 0 fully saturated rings. The lowest BCUT2D eigenvalue weighted by Gasteiger charge is -2.27. The number of nitrogens with one attached hydrogen (secondary N) is 1. The van der Waals surface area contributed by atoms with Crippen molar-refractivity contribution in [3.05, 3.63) is 75.0 Å².